The first-order valence-corrected chi connectivity index (χ1v) is 8.79. The van der Waals surface area contributed by atoms with Crippen LogP contribution in [0.1, 0.15) is 12.0 Å². The van der Waals surface area contributed by atoms with Crippen LogP contribution in [0.3, 0.4) is 0 Å². The summed E-state index contributed by atoms with van der Waals surface area (Å²) in [6.07, 6.45) is 0.183. The summed E-state index contributed by atoms with van der Waals surface area (Å²) in [4.78, 5) is 24.4. The topological polar surface area (TPSA) is 76.7 Å². The second kappa shape index (κ2) is 8.05. The SMILES string of the molecule is O=C(CCSc1ccc(F)cc1)OCc1cc(=O)oc2cc(O)ccc12. The van der Waals surface area contributed by atoms with E-state index in [-0.39, 0.29) is 30.2 Å². The van der Waals surface area contributed by atoms with Crippen molar-refractivity contribution in [3.63, 3.8) is 0 Å². The molecule has 3 aromatic rings. The number of phenolic OH excluding ortho intramolecular Hbond substituents is 1. The Kier molecular flexibility index (Phi) is 5.58. The number of hydrogen-bond acceptors (Lipinski definition) is 6. The zero-order valence-corrected chi connectivity index (χ0v) is 14.4. The maximum atomic E-state index is 12.8. The molecule has 1 N–H and O–H groups in total. The number of fused-ring (bicyclic) bond motifs is 1. The largest absolute Gasteiger partial charge is 0.508 e. The summed E-state index contributed by atoms with van der Waals surface area (Å²) in [6, 6.07) is 11.7. The van der Waals surface area contributed by atoms with Gasteiger partial charge in [-0.15, -0.1) is 11.8 Å². The van der Waals surface area contributed by atoms with E-state index in [0.717, 1.165) is 4.90 Å². The van der Waals surface area contributed by atoms with Crippen molar-refractivity contribution in [3.8, 4) is 5.75 Å². The van der Waals surface area contributed by atoms with Crippen molar-refractivity contribution < 1.29 is 23.4 Å². The molecule has 0 amide bonds. The maximum Gasteiger partial charge on any atom is 0.336 e. The Labute approximate surface area is 152 Å². The van der Waals surface area contributed by atoms with Gasteiger partial charge in [0.05, 0.1) is 6.42 Å². The summed E-state index contributed by atoms with van der Waals surface area (Å²) < 4.78 is 23.1. The molecular formula is C19H15FO5S. The smallest absolute Gasteiger partial charge is 0.336 e. The van der Waals surface area contributed by atoms with Crippen molar-refractivity contribution in [3.05, 3.63) is 70.3 Å². The third-order valence-corrected chi connectivity index (χ3v) is 4.60. The lowest BCUT2D eigenvalue weighted by molar-refractivity contribution is -0.144. The summed E-state index contributed by atoms with van der Waals surface area (Å²) in [7, 11) is 0. The van der Waals surface area contributed by atoms with E-state index < -0.39 is 11.6 Å². The summed E-state index contributed by atoms with van der Waals surface area (Å²) in [5.41, 5.74) is 0.159. The highest BCUT2D eigenvalue weighted by molar-refractivity contribution is 7.99. The van der Waals surface area contributed by atoms with Gasteiger partial charge in [0.1, 0.15) is 23.8 Å². The Morgan fingerprint density at radius 1 is 1.15 bits per heavy atom. The minimum atomic E-state index is -0.582. The van der Waals surface area contributed by atoms with Gasteiger partial charge in [-0.1, -0.05) is 0 Å². The third kappa shape index (κ3) is 4.64. The lowest BCUT2D eigenvalue weighted by atomic mass is 10.1. The number of thioether (sulfide) groups is 1. The predicted octanol–water partition coefficient (Wildman–Crippen LogP) is 3.86. The number of carbonyl (C=O) groups excluding carboxylic acids is 1. The average Bonchev–Trinajstić information content (AvgIpc) is 2.61. The number of hydrogen-bond donors (Lipinski definition) is 1. The molecule has 3 rings (SSSR count). The molecule has 0 aliphatic heterocycles. The minimum Gasteiger partial charge on any atom is -0.508 e. The number of rotatable bonds is 6. The van der Waals surface area contributed by atoms with Gasteiger partial charge in [-0.25, -0.2) is 9.18 Å². The van der Waals surface area contributed by atoms with Crippen molar-refractivity contribution in [1.82, 2.24) is 0 Å². The molecule has 5 nitrogen and oxygen atoms in total. The second-order valence-electron chi connectivity index (χ2n) is 5.48. The molecule has 134 valence electrons. The van der Waals surface area contributed by atoms with E-state index in [1.165, 1.54) is 42.1 Å². The zero-order chi connectivity index (χ0) is 18.5. The van der Waals surface area contributed by atoms with Gasteiger partial charge in [0, 0.05) is 33.7 Å². The van der Waals surface area contributed by atoms with E-state index in [1.54, 1.807) is 18.2 Å². The molecule has 26 heavy (non-hydrogen) atoms. The van der Waals surface area contributed by atoms with Gasteiger partial charge < -0.3 is 14.3 Å². The molecule has 0 saturated carbocycles. The first-order valence-electron chi connectivity index (χ1n) is 7.81. The molecule has 0 aliphatic carbocycles. The van der Waals surface area contributed by atoms with E-state index in [0.29, 0.717) is 16.7 Å². The lowest BCUT2D eigenvalue weighted by Crippen LogP contribution is -2.08. The van der Waals surface area contributed by atoms with Crippen LogP contribution in [0.25, 0.3) is 11.0 Å². The monoisotopic (exact) mass is 374 g/mol. The van der Waals surface area contributed by atoms with Crippen LogP contribution < -0.4 is 5.63 Å². The number of esters is 1. The van der Waals surface area contributed by atoms with Crippen molar-refractivity contribution in [2.24, 2.45) is 0 Å². The summed E-state index contributed by atoms with van der Waals surface area (Å²) in [5, 5.41) is 10.1. The maximum absolute atomic E-state index is 12.8. The van der Waals surface area contributed by atoms with Crippen LogP contribution in [0.4, 0.5) is 4.39 Å². The number of benzene rings is 2. The Bertz CT molecular complexity index is 981. The first-order chi connectivity index (χ1) is 12.5. The zero-order valence-electron chi connectivity index (χ0n) is 13.6. The molecule has 0 atom stereocenters. The Balaban J connectivity index is 1.57. The van der Waals surface area contributed by atoms with Crippen LogP contribution in [0.5, 0.6) is 5.75 Å². The minimum absolute atomic E-state index is 0.0207. The molecule has 0 spiro atoms. The molecule has 1 heterocycles. The van der Waals surface area contributed by atoms with Gasteiger partial charge in [-0.2, -0.15) is 0 Å². The van der Waals surface area contributed by atoms with E-state index in [9.17, 15) is 19.1 Å². The van der Waals surface area contributed by atoms with Gasteiger partial charge in [-0.05, 0) is 36.4 Å². The molecule has 2 aromatic carbocycles. The van der Waals surface area contributed by atoms with Crippen LogP contribution in [0, 0.1) is 5.82 Å². The number of aromatic hydroxyl groups is 1. The van der Waals surface area contributed by atoms with Crippen molar-refractivity contribution in [2.75, 3.05) is 5.75 Å². The van der Waals surface area contributed by atoms with Gasteiger partial charge in [0.15, 0.2) is 0 Å². The molecule has 7 heteroatoms. The average molecular weight is 374 g/mol. The molecular weight excluding hydrogens is 359 g/mol. The highest BCUT2D eigenvalue weighted by Crippen LogP contribution is 2.23. The molecule has 0 unspecified atom stereocenters. The lowest BCUT2D eigenvalue weighted by Gasteiger charge is -2.07. The van der Waals surface area contributed by atoms with Crippen LogP contribution in [0.15, 0.2) is 62.6 Å². The molecule has 0 saturated heterocycles. The van der Waals surface area contributed by atoms with Crippen molar-refractivity contribution in [2.45, 2.75) is 17.9 Å². The quantitative estimate of drug-likeness (QED) is 0.401. The Morgan fingerprint density at radius 2 is 1.92 bits per heavy atom. The van der Waals surface area contributed by atoms with Crippen LogP contribution in [0.2, 0.25) is 0 Å². The summed E-state index contributed by atoms with van der Waals surface area (Å²) in [6.45, 7) is -0.0626. The van der Waals surface area contributed by atoms with E-state index in [1.807, 2.05) is 0 Å². The van der Waals surface area contributed by atoms with Crippen LogP contribution >= 0.6 is 11.8 Å². The number of carbonyl (C=O) groups is 1. The normalized spacial score (nSPS) is 10.8. The van der Waals surface area contributed by atoms with E-state index in [2.05, 4.69) is 0 Å². The van der Waals surface area contributed by atoms with Crippen molar-refractivity contribution >= 4 is 28.7 Å². The van der Waals surface area contributed by atoms with Gasteiger partial charge in [0.25, 0.3) is 0 Å². The van der Waals surface area contributed by atoms with Crippen LogP contribution in [-0.2, 0) is 16.1 Å². The predicted molar refractivity (Wildman–Crippen MR) is 95.7 cm³/mol. The molecule has 0 aliphatic rings. The Morgan fingerprint density at radius 3 is 2.69 bits per heavy atom. The third-order valence-electron chi connectivity index (χ3n) is 3.59. The molecule has 0 fully saturated rings. The summed E-state index contributed by atoms with van der Waals surface area (Å²) >= 11 is 1.43. The second-order valence-corrected chi connectivity index (χ2v) is 6.65. The van der Waals surface area contributed by atoms with Crippen LogP contribution in [-0.4, -0.2) is 16.8 Å². The highest BCUT2D eigenvalue weighted by Gasteiger charge is 2.10. The number of ether oxygens (including phenoxy) is 1. The van der Waals surface area contributed by atoms with E-state index >= 15 is 0 Å². The first kappa shape index (κ1) is 18.0. The molecule has 0 bridgehead atoms. The number of halogens is 1. The van der Waals surface area contributed by atoms with E-state index in [4.69, 9.17) is 9.15 Å². The van der Waals surface area contributed by atoms with Gasteiger partial charge >= 0.3 is 11.6 Å². The Hall–Kier alpha value is -2.80. The fraction of sp³-hybridized carbons (Fsp3) is 0.158. The van der Waals surface area contributed by atoms with Gasteiger partial charge in [-0.3, -0.25) is 4.79 Å². The molecule has 0 radical (unpaired) electrons. The molecule has 1 aromatic heterocycles. The fourth-order valence-corrected chi connectivity index (χ4v) is 3.18. The summed E-state index contributed by atoms with van der Waals surface area (Å²) in [5.74, 6) is -0.232. The highest BCUT2D eigenvalue weighted by atomic mass is 32.2. The fourth-order valence-electron chi connectivity index (χ4n) is 2.35. The standard InChI is InChI=1S/C19H15FO5S/c20-13-1-4-15(5-2-13)26-8-7-18(22)24-11-12-9-19(23)25-17-10-14(21)3-6-16(12)17/h1-6,9-10,21H,7-8,11H2. The van der Waals surface area contributed by atoms with Crippen molar-refractivity contribution in [1.29, 1.82) is 0 Å². The number of phenols is 1. The van der Waals surface area contributed by atoms with Gasteiger partial charge in [0.2, 0.25) is 0 Å².